The summed E-state index contributed by atoms with van der Waals surface area (Å²) in [7, 11) is 1.72. The summed E-state index contributed by atoms with van der Waals surface area (Å²) in [5, 5.41) is 9.84. The molecular weight excluding hydrogens is 252 g/mol. The normalized spacial score (nSPS) is 38.2. The molecule has 4 rings (SSSR count). The van der Waals surface area contributed by atoms with Crippen molar-refractivity contribution in [1.29, 1.82) is 0 Å². The fourth-order valence-corrected chi connectivity index (χ4v) is 4.90. The van der Waals surface area contributed by atoms with Gasteiger partial charge in [-0.2, -0.15) is 0 Å². The number of hydrogen-bond acceptors (Lipinski definition) is 3. The molecule has 1 spiro atoms. The Morgan fingerprint density at radius 2 is 2.30 bits per heavy atom. The van der Waals surface area contributed by atoms with Crippen molar-refractivity contribution in [3.63, 3.8) is 0 Å². The summed E-state index contributed by atoms with van der Waals surface area (Å²) in [6.07, 6.45) is 4.45. The second kappa shape index (κ2) is 4.47. The Morgan fingerprint density at radius 1 is 1.40 bits per heavy atom. The van der Waals surface area contributed by atoms with Crippen molar-refractivity contribution in [2.24, 2.45) is 11.8 Å². The van der Waals surface area contributed by atoms with Crippen molar-refractivity contribution in [1.82, 2.24) is 0 Å². The first-order valence-electron chi connectivity index (χ1n) is 7.70. The van der Waals surface area contributed by atoms with Gasteiger partial charge in [0.1, 0.15) is 5.75 Å². The fourth-order valence-electron chi connectivity index (χ4n) is 4.90. The van der Waals surface area contributed by atoms with E-state index in [-0.39, 0.29) is 12.2 Å². The van der Waals surface area contributed by atoms with E-state index in [4.69, 9.17) is 9.47 Å². The van der Waals surface area contributed by atoms with E-state index in [0.717, 1.165) is 25.2 Å². The summed E-state index contributed by atoms with van der Waals surface area (Å²) in [6.45, 7) is 1.11. The van der Waals surface area contributed by atoms with E-state index in [0.29, 0.717) is 17.8 Å². The van der Waals surface area contributed by atoms with E-state index in [9.17, 15) is 5.11 Å². The Hall–Kier alpha value is -1.06. The van der Waals surface area contributed by atoms with Crippen molar-refractivity contribution in [2.75, 3.05) is 20.3 Å². The summed E-state index contributed by atoms with van der Waals surface area (Å²) in [6, 6.07) is 6.46. The molecular formula is C17H22O3. The minimum absolute atomic E-state index is 0.0980. The average molecular weight is 274 g/mol. The van der Waals surface area contributed by atoms with Gasteiger partial charge in [0.15, 0.2) is 0 Å². The van der Waals surface area contributed by atoms with Crippen molar-refractivity contribution >= 4 is 0 Å². The first-order chi connectivity index (χ1) is 9.78. The molecule has 1 aromatic rings. The van der Waals surface area contributed by atoms with Gasteiger partial charge in [-0.25, -0.2) is 0 Å². The number of aliphatic hydroxyl groups excluding tert-OH is 1. The predicted molar refractivity (Wildman–Crippen MR) is 76.0 cm³/mol. The van der Waals surface area contributed by atoms with Gasteiger partial charge in [0.05, 0.1) is 19.3 Å². The first kappa shape index (κ1) is 12.7. The van der Waals surface area contributed by atoms with E-state index in [1.165, 1.54) is 24.0 Å². The van der Waals surface area contributed by atoms with Crippen LogP contribution in [0.15, 0.2) is 18.2 Å². The highest BCUT2D eigenvalue weighted by Crippen LogP contribution is 2.58. The third-order valence-electron chi connectivity index (χ3n) is 5.89. The molecule has 1 saturated heterocycles. The zero-order valence-electron chi connectivity index (χ0n) is 12.0. The monoisotopic (exact) mass is 274 g/mol. The number of rotatable bonds is 2. The molecule has 1 N–H and O–H groups in total. The molecule has 2 fully saturated rings. The largest absolute Gasteiger partial charge is 0.497 e. The van der Waals surface area contributed by atoms with Crippen LogP contribution in [0.4, 0.5) is 0 Å². The SMILES string of the molecule is COc1ccc2c(c1)CC[C@@]13OC[C@@H](CC[C@H]21)[C@@H]3CO. The summed E-state index contributed by atoms with van der Waals surface area (Å²) in [4.78, 5) is 0. The van der Waals surface area contributed by atoms with Crippen molar-refractivity contribution in [2.45, 2.75) is 37.2 Å². The lowest BCUT2D eigenvalue weighted by Gasteiger charge is -2.48. The molecule has 3 nitrogen and oxygen atoms in total. The van der Waals surface area contributed by atoms with E-state index < -0.39 is 0 Å². The van der Waals surface area contributed by atoms with E-state index >= 15 is 0 Å². The first-order valence-corrected chi connectivity index (χ1v) is 7.70. The number of aliphatic hydroxyl groups is 1. The van der Waals surface area contributed by atoms with Gasteiger partial charge in [0.25, 0.3) is 0 Å². The van der Waals surface area contributed by atoms with Gasteiger partial charge in [-0.3, -0.25) is 0 Å². The predicted octanol–water partition coefficient (Wildman–Crippen LogP) is 2.51. The van der Waals surface area contributed by atoms with E-state index in [2.05, 4.69) is 18.2 Å². The van der Waals surface area contributed by atoms with Gasteiger partial charge < -0.3 is 14.6 Å². The van der Waals surface area contributed by atoms with Gasteiger partial charge in [-0.1, -0.05) is 6.07 Å². The molecule has 0 unspecified atom stereocenters. The van der Waals surface area contributed by atoms with Gasteiger partial charge >= 0.3 is 0 Å². The zero-order chi connectivity index (χ0) is 13.7. The maximum atomic E-state index is 9.84. The fraction of sp³-hybridized carbons (Fsp3) is 0.647. The smallest absolute Gasteiger partial charge is 0.119 e. The van der Waals surface area contributed by atoms with Crippen molar-refractivity contribution in [3.8, 4) is 5.75 Å². The second-order valence-corrected chi connectivity index (χ2v) is 6.51. The molecule has 108 valence electrons. The Morgan fingerprint density at radius 3 is 3.10 bits per heavy atom. The van der Waals surface area contributed by atoms with E-state index in [1.807, 2.05) is 0 Å². The third kappa shape index (κ3) is 1.54. The molecule has 1 aromatic carbocycles. The molecule has 0 amide bonds. The highest BCUT2D eigenvalue weighted by Gasteiger charge is 2.58. The summed E-state index contributed by atoms with van der Waals surface area (Å²) in [5.41, 5.74) is 2.74. The number of ether oxygens (including phenoxy) is 2. The summed E-state index contributed by atoms with van der Waals surface area (Å²) < 4.78 is 11.6. The van der Waals surface area contributed by atoms with Gasteiger partial charge in [0.2, 0.25) is 0 Å². The minimum Gasteiger partial charge on any atom is -0.497 e. The number of fused-ring (bicyclic) bond motifs is 3. The number of benzene rings is 1. The van der Waals surface area contributed by atoms with Gasteiger partial charge in [-0.05, 0) is 54.9 Å². The van der Waals surface area contributed by atoms with Crippen LogP contribution in [-0.2, 0) is 11.2 Å². The molecule has 1 heterocycles. The standard InChI is InChI=1S/C17H22O3/c1-19-13-3-4-14-11(8-13)6-7-17-15(14)5-2-12(10-20-17)16(17)9-18/h3-4,8,12,15-16,18H,2,5-7,9-10H2,1H3/t12-,15-,16+,17-/m1/s1. The lowest BCUT2D eigenvalue weighted by molar-refractivity contribution is -0.0741. The molecule has 2 bridgehead atoms. The quantitative estimate of drug-likeness (QED) is 0.900. The van der Waals surface area contributed by atoms with Crippen LogP contribution in [0.5, 0.6) is 5.75 Å². The minimum atomic E-state index is -0.0980. The van der Waals surface area contributed by atoms with E-state index in [1.54, 1.807) is 7.11 Å². The molecule has 4 atom stereocenters. The topological polar surface area (TPSA) is 38.7 Å². The highest BCUT2D eigenvalue weighted by molar-refractivity contribution is 5.42. The molecule has 1 saturated carbocycles. The lowest BCUT2D eigenvalue weighted by atomic mass is 9.59. The molecule has 0 radical (unpaired) electrons. The Bertz CT molecular complexity index is 527. The highest BCUT2D eigenvalue weighted by atomic mass is 16.5. The van der Waals surface area contributed by atoms with Crippen molar-refractivity contribution in [3.05, 3.63) is 29.3 Å². The number of methoxy groups -OCH3 is 1. The summed E-state index contributed by atoms with van der Waals surface area (Å²) in [5.74, 6) is 2.29. The van der Waals surface area contributed by atoms with Crippen LogP contribution in [-0.4, -0.2) is 31.0 Å². The van der Waals surface area contributed by atoms with Gasteiger partial charge in [-0.15, -0.1) is 0 Å². The molecule has 3 heteroatoms. The van der Waals surface area contributed by atoms with Crippen LogP contribution in [0.3, 0.4) is 0 Å². The van der Waals surface area contributed by atoms with Crippen LogP contribution >= 0.6 is 0 Å². The molecule has 3 aliphatic rings. The van der Waals surface area contributed by atoms with Crippen LogP contribution in [0.1, 0.15) is 36.3 Å². The Kier molecular flexibility index (Phi) is 2.83. The van der Waals surface area contributed by atoms with Crippen LogP contribution < -0.4 is 4.74 Å². The number of hydrogen-bond donors (Lipinski definition) is 1. The second-order valence-electron chi connectivity index (χ2n) is 6.51. The van der Waals surface area contributed by atoms with Crippen LogP contribution in [0.2, 0.25) is 0 Å². The molecule has 0 aromatic heterocycles. The molecule has 20 heavy (non-hydrogen) atoms. The lowest BCUT2D eigenvalue weighted by Crippen LogP contribution is -2.50. The zero-order valence-corrected chi connectivity index (χ0v) is 12.0. The van der Waals surface area contributed by atoms with Crippen molar-refractivity contribution < 1.29 is 14.6 Å². The average Bonchev–Trinajstić information content (AvgIpc) is 2.72. The third-order valence-corrected chi connectivity index (χ3v) is 5.89. The summed E-state index contributed by atoms with van der Waals surface area (Å²) >= 11 is 0. The maximum absolute atomic E-state index is 9.84. The molecule has 1 aliphatic heterocycles. The van der Waals surface area contributed by atoms with Gasteiger partial charge in [0, 0.05) is 18.4 Å². The molecule has 2 aliphatic carbocycles. The Balaban J connectivity index is 1.78. The van der Waals surface area contributed by atoms with Crippen LogP contribution in [0.25, 0.3) is 0 Å². The Labute approximate surface area is 119 Å². The number of aryl methyl sites for hydroxylation is 1. The van der Waals surface area contributed by atoms with Crippen LogP contribution in [0, 0.1) is 11.8 Å². The maximum Gasteiger partial charge on any atom is 0.119 e.